The van der Waals surface area contributed by atoms with Gasteiger partial charge in [0.1, 0.15) is 0 Å². The fourth-order valence-electron chi connectivity index (χ4n) is 3.88. The Bertz CT molecular complexity index is 1120. The summed E-state index contributed by atoms with van der Waals surface area (Å²) < 4.78 is 0.684. The third-order valence-electron chi connectivity index (χ3n) is 5.54. The molecular formula is C25H24BrN3O3. The average molecular weight is 494 g/mol. The lowest BCUT2D eigenvalue weighted by Gasteiger charge is -2.43. The molecule has 0 fully saturated rings. The first-order chi connectivity index (χ1) is 15.4. The molecule has 1 aliphatic heterocycles. The maximum Gasteiger partial charge on any atom is 0.329 e. The van der Waals surface area contributed by atoms with Crippen molar-refractivity contribution in [1.82, 2.24) is 5.32 Å². The lowest BCUT2D eigenvalue weighted by Crippen LogP contribution is -2.63. The summed E-state index contributed by atoms with van der Waals surface area (Å²) in [5, 5.41) is 17.6. The van der Waals surface area contributed by atoms with Crippen LogP contribution in [0.2, 0.25) is 0 Å². The summed E-state index contributed by atoms with van der Waals surface area (Å²) in [7, 11) is 0. The number of para-hydroxylation sites is 1. The van der Waals surface area contributed by atoms with E-state index in [1.807, 2.05) is 37.3 Å². The lowest BCUT2D eigenvalue weighted by molar-refractivity contribution is -0.141. The van der Waals surface area contributed by atoms with Crippen LogP contribution in [0.15, 0.2) is 83.3 Å². The molecule has 0 radical (unpaired) electrons. The van der Waals surface area contributed by atoms with Crippen LogP contribution in [-0.2, 0) is 16.9 Å². The smallest absolute Gasteiger partial charge is 0.329 e. The number of hydrogen-bond acceptors (Lipinski definition) is 3. The number of anilines is 2. The van der Waals surface area contributed by atoms with E-state index < -0.39 is 17.7 Å². The lowest BCUT2D eigenvalue weighted by atomic mass is 9.94. The van der Waals surface area contributed by atoms with E-state index in [9.17, 15) is 14.7 Å². The number of aliphatic hydroxyl groups is 1. The van der Waals surface area contributed by atoms with E-state index in [4.69, 9.17) is 0 Å². The van der Waals surface area contributed by atoms with E-state index in [1.165, 1.54) is 5.56 Å². The third kappa shape index (κ3) is 4.26. The number of rotatable bonds is 6. The first kappa shape index (κ1) is 22.0. The number of benzene rings is 3. The standard InChI is InChI=1S/C25H24BrN3O3/c1-17(12-13-18-8-4-2-5-9-18)27-23(30)25(32)21-16-19(26)14-15-22(21)28-24(31)29(25)20-10-6-3-7-11-20/h2-11,14-17,32H,12-13H2,1H3,(H,27,30)(H,28,31)/t17-,25-/m1/s1. The summed E-state index contributed by atoms with van der Waals surface area (Å²) in [4.78, 5) is 27.7. The molecule has 1 aliphatic rings. The van der Waals surface area contributed by atoms with Crippen molar-refractivity contribution in [3.8, 4) is 0 Å². The summed E-state index contributed by atoms with van der Waals surface area (Å²) in [6, 6.07) is 22.9. The fraction of sp³-hybridized carbons (Fsp3) is 0.200. The Hall–Kier alpha value is -3.16. The molecule has 0 aliphatic carbocycles. The van der Waals surface area contributed by atoms with Crippen LogP contribution in [0.25, 0.3) is 0 Å². The number of carbonyl (C=O) groups is 2. The van der Waals surface area contributed by atoms with Gasteiger partial charge in [0.15, 0.2) is 0 Å². The Morgan fingerprint density at radius 2 is 1.75 bits per heavy atom. The first-order valence-corrected chi connectivity index (χ1v) is 11.2. The molecule has 0 unspecified atom stereocenters. The minimum absolute atomic E-state index is 0.218. The quantitative estimate of drug-likeness (QED) is 0.461. The molecule has 0 spiro atoms. The summed E-state index contributed by atoms with van der Waals surface area (Å²) in [5.74, 6) is -0.656. The topological polar surface area (TPSA) is 81.7 Å². The Morgan fingerprint density at radius 3 is 2.44 bits per heavy atom. The molecular weight excluding hydrogens is 470 g/mol. The number of urea groups is 1. The van der Waals surface area contributed by atoms with Gasteiger partial charge >= 0.3 is 6.03 Å². The molecule has 3 aromatic rings. The van der Waals surface area contributed by atoms with Crippen molar-refractivity contribution < 1.29 is 14.7 Å². The Labute approximate surface area is 195 Å². The third-order valence-corrected chi connectivity index (χ3v) is 6.04. The van der Waals surface area contributed by atoms with E-state index in [0.717, 1.165) is 11.3 Å². The summed E-state index contributed by atoms with van der Waals surface area (Å²) in [6.07, 6.45) is 1.47. The number of amides is 3. The van der Waals surface area contributed by atoms with Gasteiger partial charge in [-0.15, -0.1) is 0 Å². The van der Waals surface area contributed by atoms with Gasteiger partial charge in [0, 0.05) is 21.8 Å². The number of nitrogens with zero attached hydrogens (tertiary/aromatic N) is 1. The highest BCUT2D eigenvalue weighted by Gasteiger charge is 2.52. The zero-order chi connectivity index (χ0) is 22.7. The number of carbonyl (C=O) groups excluding carboxylic acids is 2. The van der Waals surface area contributed by atoms with Crippen LogP contribution in [0, 0.1) is 0 Å². The van der Waals surface area contributed by atoms with Crippen molar-refractivity contribution >= 4 is 39.2 Å². The SMILES string of the molecule is C[C@H](CCc1ccccc1)NC(=O)[C@]1(O)c2cc(Br)ccc2NC(=O)N1c1ccccc1. The van der Waals surface area contributed by atoms with Crippen LogP contribution >= 0.6 is 15.9 Å². The molecule has 3 aromatic carbocycles. The molecule has 3 N–H and O–H groups in total. The monoisotopic (exact) mass is 493 g/mol. The van der Waals surface area contributed by atoms with Gasteiger partial charge in [0.2, 0.25) is 0 Å². The van der Waals surface area contributed by atoms with Crippen LogP contribution in [0.4, 0.5) is 16.2 Å². The fourth-order valence-corrected chi connectivity index (χ4v) is 4.24. The van der Waals surface area contributed by atoms with Gasteiger partial charge in [-0.3, -0.25) is 9.69 Å². The summed E-state index contributed by atoms with van der Waals surface area (Å²) in [6.45, 7) is 1.89. The zero-order valence-corrected chi connectivity index (χ0v) is 19.2. The second kappa shape index (κ2) is 9.14. The number of fused-ring (bicyclic) bond motifs is 1. The van der Waals surface area contributed by atoms with Crippen molar-refractivity contribution in [3.05, 3.63) is 94.5 Å². The molecule has 0 saturated heterocycles. The van der Waals surface area contributed by atoms with Gasteiger partial charge in [-0.1, -0.05) is 64.5 Å². The van der Waals surface area contributed by atoms with Crippen LogP contribution in [0.5, 0.6) is 0 Å². The van der Waals surface area contributed by atoms with Crippen molar-refractivity contribution in [3.63, 3.8) is 0 Å². The molecule has 7 heteroatoms. The molecule has 0 saturated carbocycles. The van der Waals surface area contributed by atoms with Crippen LogP contribution in [0.1, 0.15) is 24.5 Å². The largest absolute Gasteiger partial charge is 0.359 e. The highest BCUT2D eigenvalue weighted by molar-refractivity contribution is 9.10. The van der Waals surface area contributed by atoms with Gasteiger partial charge in [-0.25, -0.2) is 4.79 Å². The second-order valence-corrected chi connectivity index (χ2v) is 8.78. The van der Waals surface area contributed by atoms with Gasteiger partial charge in [-0.05, 0) is 55.7 Å². The van der Waals surface area contributed by atoms with E-state index in [2.05, 4.69) is 26.6 Å². The molecule has 2 atom stereocenters. The molecule has 0 bridgehead atoms. The van der Waals surface area contributed by atoms with Crippen molar-refractivity contribution in [2.75, 3.05) is 10.2 Å². The van der Waals surface area contributed by atoms with E-state index >= 15 is 0 Å². The number of aryl methyl sites for hydroxylation is 1. The van der Waals surface area contributed by atoms with Gasteiger partial charge in [0.25, 0.3) is 11.6 Å². The van der Waals surface area contributed by atoms with Crippen LogP contribution in [0.3, 0.4) is 0 Å². The van der Waals surface area contributed by atoms with Crippen molar-refractivity contribution in [2.24, 2.45) is 0 Å². The van der Waals surface area contributed by atoms with E-state index in [0.29, 0.717) is 27.8 Å². The molecule has 0 aromatic heterocycles. The normalized spacial score (nSPS) is 18.5. The zero-order valence-electron chi connectivity index (χ0n) is 17.6. The Kier molecular flexibility index (Phi) is 6.30. The van der Waals surface area contributed by atoms with Gasteiger partial charge < -0.3 is 15.7 Å². The minimum Gasteiger partial charge on any atom is -0.359 e. The van der Waals surface area contributed by atoms with E-state index in [1.54, 1.807) is 48.5 Å². The highest BCUT2D eigenvalue weighted by atomic mass is 79.9. The maximum atomic E-state index is 13.5. The van der Waals surface area contributed by atoms with Crippen LogP contribution < -0.4 is 15.5 Å². The highest BCUT2D eigenvalue weighted by Crippen LogP contribution is 2.41. The van der Waals surface area contributed by atoms with Crippen LogP contribution in [-0.4, -0.2) is 23.1 Å². The Balaban J connectivity index is 1.66. The van der Waals surface area contributed by atoms with Crippen molar-refractivity contribution in [2.45, 2.75) is 31.5 Å². The first-order valence-electron chi connectivity index (χ1n) is 10.4. The molecule has 32 heavy (non-hydrogen) atoms. The average Bonchev–Trinajstić information content (AvgIpc) is 2.79. The van der Waals surface area contributed by atoms with Crippen molar-refractivity contribution in [1.29, 1.82) is 0 Å². The molecule has 1 heterocycles. The number of nitrogens with one attached hydrogen (secondary N) is 2. The molecule has 4 rings (SSSR count). The second-order valence-electron chi connectivity index (χ2n) is 7.86. The molecule has 164 valence electrons. The van der Waals surface area contributed by atoms with Gasteiger partial charge in [-0.2, -0.15) is 0 Å². The molecule has 3 amide bonds. The maximum absolute atomic E-state index is 13.5. The minimum atomic E-state index is -2.22. The summed E-state index contributed by atoms with van der Waals surface area (Å²) in [5.41, 5.74) is 0.0434. The molecule has 6 nitrogen and oxygen atoms in total. The van der Waals surface area contributed by atoms with Gasteiger partial charge in [0.05, 0.1) is 5.69 Å². The number of halogens is 1. The Morgan fingerprint density at radius 1 is 1.09 bits per heavy atom. The number of hydrogen-bond donors (Lipinski definition) is 3. The van der Waals surface area contributed by atoms with E-state index in [-0.39, 0.29) is 6.04 Å². The predicted molar refractivity (Wildman–Crippen MR) is 128 cm³/mol. The summed E-state index contributed by atoms with van der Waals surface area (Å²) >= 11 is 3.41. The predicted octanol–water partition coefficient (Wildman–Crippen LogP) is 4.78.